The van der Waals surface area contributed by atoms with E-state index in [0.29, 0.717) is 11.3 Å². The highest BCUT2D eigenvalue weighted by atomic mass is 79.9. The minimum absolute atomic E-state index is 0.105. The van der Waals surface area contributed by atoms with E-state index in [0.717, 1.165) is 9.35 Å². The zero-order chi connectivity index (χ0) is 13.1. The summed E-state index contributed by atoms with van der Waals surface area (Å²) < 4.78 is 6.01. The van der Waals surface area contributed by atoms with Crippen molar-refractivity contribution in [3.63, 3.8) is 0 Å². The largest absolute Gasteiger partial charge is 0.469 e. The molecule has 2 aromatic heterocycles. The zero-order valence-corrected chi connectivity index (χ0v) is 11.8. The van der Waals surface area contributed by atoms with Crippen LogP contribution in [-0.4, -0.2) is 5.78 Å². The molecule has 0 atom stereocenters. The number of furan rings is 1. The molecule has 18 heavy (non-hydrogen) atoms. The lowest BCUT2D eigenvalue weighted by Gasteiger charge is -1.96. The third kappa shape index (κ3) is 2.61. The maximum atomic E-state index is 12.1. The summed E-state index contributed by atoms with van der Waals surface area (Å²) in [4.78, 5) is 13.0. The van der Waals surface area contributed by atoms with Crippen molar-refractivity contribution in [2.75, 3.05) is 0 Å². The molecule has 0 unspecified atom stereocenters. The average Bonchev–Trinajstić information content (AvgIpc) is 2.94. The molecule has 90 valence electrons. The Balaban J connectivity index is 2.36. The van der Waals surface area contributed by atoms with Crippen LogP contribution < -0.4 is 0 Å². The summed E-state index contributed by atoms with van der Waals surface area (Å²) in [6, 6.07) is 5.37. The maximum Gasteiger partial charge on any atom is 0.207 e. The fraction of sp³-hybridized carbons (Fsp3) is 0.0769. The molecule has 0 aromatic carbocycles. The minimum Gasteiger partial charge on any atom is -0.469 e. The number of halogens is 1. The molecule has 2 aromatic rings. The monoisotopic (exact) mass is 321 g/mol. The molecule has 0 saturated heterocycles. The second-order valence-corrected chi connectivity index (χ2v) is 5.42. The quantitative estimate of drug-likeness (QED) is 0.483. The topological polar surface area (TPSA) is 54.0 Å². The highest BCUT2D eigenvalue weighted by Crippen LogP contribution is 2.23. The number of carbonyl (C=O) groups is 1. The number of nitrogens with zero attached hydrogens (tertiary/aromatic N) is 1. The summed E-state index contributed by atoms with van der Waals surface area (Å²) in [5, 5.41) is 11.0. The van der Waals surface area contributed by atoms with E-state index in [1.807, 2.05) is 17.5 Å². The normalized spacial score (nSPS) is 11.3. The molecule has 2 heterocycles. The van der Waals surface area contributed by atoms with Crippen molar-refractivity contribution in [2.45, 2.75) is 6.92 Å². The number of carbonyl (C=O) groups excluding carboxylic acids is 1. The number of ketones is 1. The van der Waals surface area contributed by atoms with Crippen LogP contribution in [0.5, 0.6) is 0 Å². The Labute approximate surface area is 116 Å². The van der Waals surface area contributed by atoms with Gasteiger partial charge in [-0.25, -0.2) is 0 Å². The van der Waals surface area contributed by atoms with E-state index in [1.165, 1.54) is 17.6 Å². The molecule has 3 nitrogen and oxygen atoms in total. The molecule has 0 amide bonds. The van der Waals surface area contributed by atoms with E-state index in [-0.39, 0.29) is 11.4 Å². The third-order valence-electron chi connectivity index (χ3n) is 2.34. The predicted molar refractivity (Wildman–Crippen MR) is 73.4 cm³/mol. The fourth-order valence-electron chi connectivity index (χ4n) is 1.46. The molecule has 0 spiro atoms. The maximum absolute atomic E-state index is 12.1. The van der Waals surface area contributed by atoms with E-state index in [9.17, 15) is 4.79 Å². The number of nitriles is 1. The Morgan fingerprint density at radius 3 is 2.89 bits per heavy atom. The smallest absolute Gasteiger partial charge is 0.207 e. The van der Waals surface area contributed by atoms with Crippen LogP contribution in [0.1, 0.15) is 21.0 Å². The van der Waals surface area contributed by atoms with E-state index in [2.05, 4.69) is 15.9 Å². The number of hydrogen-bond donors (Lipinski definition) is 0. The number of hydrogen-bond acceptors (Lipinski definition) is 4. The molecule has 0 aliphatic rings. The Hall–Kier alpha value is -1.64. The van der Waals surface area contributed by atoms with E-state index in [4.69, 9.17) is 9.68 Å². The van der Waals surface area contributed by atoms with Gasteiger partial charge in [0.25, 0.3) is 0 Å². The molecule has 0 bridgehead atoms. The third-order valence-corrected chi connectivity index (χ3v) is 3.98. The molecule has 0 radical (unpaired) electrons. The lowest BCUT2D eigenvalue weighted by atomic mass is 10.0. The molecular weight excluding hydrogens is 314 g/mol. The van der Waals surface area contributed by atoms with Crippen LogP contribution in [0.3, 0.4) is 0 Å². The van der Waals surface area contributed by atoms with Gasteiger partial charge in [-0.2, -0.15) is 5.26 Å². The summed E-state index contributed by atoms with van der Waals surface area (Å²) in [5.41, 5.74) is 0.535. The van der Waals surface area contributed by atoms with Gasteiger partial charge in [0.1, 0.15) is 17.4 Å². The van der Waals surface area contributed by atoms with Gasteiger partial charge in [-0.3, -0.25) is 4.79 Å². The van der Waals surface area contributed by atoms with Gasteiger partial charge in [-0.1, -0.05) is 0 Å². The Kier molecular flexibility index (Phi) is 3.80. The highest BCUT2D eigenvalue weighted by molar-refractivity contribution is 9.10. The zero-order valence-electron chi connectivity index (χ0n) is 9.44. The first-order valence-electron chi connectivity index (χ1n) is 5.06. The van der Waals surface area contributed by atoms with E-state index >= 15 is 0 Å². The van der Waals surface area contributed by atoms with Crippen LogP contribution in [0.25, 0.3) is 6.08 Å². The summed E-state index contributed by atoms with van der Waals surface area (Å²) in [5.74, 6) is 0.210. The number of allylic oxidation sites excluding steroid dienone is 1. The SMILES string of the molecule is Cc1occc1C(=O)C(C#N)=Cc1cc(Br)cs1. The number of rotatable bonds is 3. The Morgan fingerprint density at radius 1 is 1.61 bits per heavy atom. The van der Waals surface area contributed by atoms with Crippen LogP contribution in [0.4, 0.5) is 0 Å². The van der Waals surface area contributed by atoms with Crippen molar-refractivity contribution in [3.8, 4) is 6.07 Å². The number of thiophene rings is 1. The van der Waals surface area contributed by atoms with Crippen molar-refractivity contribution in [3.05, 3.63) is 50.0 Å². The number of aryl methyl sites for hydroxylation is 1. The number of Topliss-reactive ketones (excluding diaryl/α,β-unsaturated/α-hetero) is 1. The van der Waals surface area contributed by atoms with Crippen LogP contribution in [0, 0.1) is 18.3 Å². The molecular formula is C13H8BrNO2S. The second-order valence-electron chi connectivity index (χ2n) is 3.56. The van der Waals surface area contributed by atoms with Gasteiger partial charge >= 0.3 is 0 Å². The van der Waals surface area contributed by atoms with E-state index < -0.39 is 0 Å². The highest BCUT2D eigenvalue weighted by Gasteiger charge is 2.16. The summed E-state index contributed by atoms with van der Waals surface area (Å²) in [7, 11) is 0. The standard InChI is InChI=1S/C13H8BrNO2S/c1-8-12(2-3-17-8)13(16)9(6-15)4-11-5-10(14)7-18-11/h2-5,7H,1H3. The predicted octanol–water partition coefficient (Wildman–Crippen LogP) is 4.20. The molecule has 5 heteroatoms. The molecule has 0 aliphatic heterocycles. The fourth-order valence-corrected chi connectivity index (χ4v) is 2.84. The molecule has 0 aliphatic carbocycles. The van der Waals surface area contributed by atoms with Crippen LogP contribution in [-0.2, 0) is 0 Å². The van der Waals surface area contributed by atoms with Crippen molar-refractivity contribution < 1.29 is 9.21 Å². The Morgan fingerprint density at radius 2 is 2.39 bits per heavy atom. The van der Waals surface area contributed by atoms with Crippen LogP contribution >= 0.6 is 27.3 Å². The molecule has 2 rings (SSSR count). The molecule has 0 fully saturated rings. The summed E-state index contributed by atoms with van der Waals surface area (Å²) >= 11 is 4.79. The minimum atomic E-state index is -0.312. The van der Waals surface area contributed by atoms with Gasteiger partial charge in [0.05, 0.1) is 11.8 Å². The molecule has 0 N–H and O–H groups in total. The van der Waals surface area contributed by atoms with Crippen molar-refractivity contribution in [1.29, 1.82) is 5.26 Å². The molecule has 0 saturated carbocycles. The van der Waals surface area contributed by atoms with Crippen molar-refractivity contribution >= 4 is 39.1 Å². The Bertz CT molecular complexity index is 661. The lowest BCUT2D eigenvalue weighted by molar-refractivity contribution is 0.103. The summed E-state index contributed by atoms with van der Waals surface area (Å²) in [6.07, 6.45) is 3.03. The first kappa shape index (κ1) is 12.8. The van der Waals surface area contributed by atoms with Gasteiger partial charge in [0.15, 0.2) is 0 Å². The second kappa shape index (κ2) is 5.34. The van der Waals surface area contributed by atoms with E-state index in [1.54, 1.807) is 19.1 Å². The van der Waals surface area contributed by atoms with Crippen LogP contribution in [0.2, 0.25) is 0 Å². The van der Waals surface area contributed by atoms with Gasteiger partial charge in [0.2, 0.25) is 5.78 Å². The van der Waals surface area contributed by atoms with Crippen molar-refractivity contribution in [1.82, 2.24) is 0 Å². The lowest BCUT2D eigenvalue weighted by Crippen LogP contribution is -2.01. The first-order chi connectivity index (χ1) is 8.61. The first-order valence-corrected chi connectivity index (χ1v) is 6.73. The van der Waals surface area contributed by atoms with Gasteiger partial charge < -0.3 is 4.42 Å². The van der Waals surface area contributed by atoms with Gasteiger partial charge in [0, 0.05) is 14.7 Å². The average molecular weight is 322 g/mol. The van der Waals surface area contributed by atoms with Crippen molar-refractivity contribution in [2.24, 2.45) is 0 Å². The van der Waals surface area contributed by atoms with Gasteiger partial charge in [-0.05, 0) is 41.1 Å². The van der Waals surface area contributed by atoms with Gasteiger partial charge in [-0.15, -0.1) is 11.3 Å². The van der Waals surface area contributed by atoms with Crippen LogP contribution in [0.15, 0.2) is 38.2 Å². The summed E-state index contributed by atoms with van der Waals surface area (Å²) in [6.45, 7) is 1.70.